The minimum atomic E-state index is -0.433. The number of hydrogen-bond acceptors (Lipinski definition) is 5. The van der Waals surface area contributed by atoms with Crippen LogP contribution in [0.25, 0.3) is 0 Å². The molecule has 2 atom stereocenters. The van der Waals surface area contributed by atoms with Gasteiger partial charge in [0.25, 0.3) is 0 Å². The van der Waals surface area contributed by atoms with Crippen molar-refractivity contribution >= 4 is 11.6 Å². The van der Waals surface area contributed by atoms with E-state index >= 15 is 0 Å². The van der Waals surface area contributed by atoms with Crippen molar-refractivity contribution in [1.29, 1.82) is 5.26 Å². The number of hydrogen-bond donors (Lipinski definition) is 3. The number of nitrogens with two attached hydrogens (primary N) is 1. The van der Waals surface area contributed by atoms with Gasteiger partial charge in [0.15, 0.2) is 5.82 Å². The van der Waals surface area contributed by atoms with Crippen molar-refractivity contribution < 1.29 is 5.11 Å². The van der Waals surface area contributed by atoms with Crippen LogP contribution in [0.1, 0.15) is 56.6 Å². The molecule has 2 fully saturated rings. The number of anilines is 2. The summed E-state index contributed by atoms with van der Waals surface area (Å²) in [5.41, 5.74) is 6.52. The van der Waals surface area contributed by atoms with E-state index in [0.717, 1.165) is 38.6 Å². The Bertz CT molecular complexity index is 543. The van der Waals surface area contributed by atoms with Crippen molar-refractivity contribution in [2.45, 2.75) is 57.1 Å². The van der Waals surface area contributed by atoms with Gasteiger partial charge in [0, 0.05) is 6.54 Å². The fourth-order valence-corrected chi connectivity index (χ4v) is 3.05. The second-order valence-corrected chi connectivity index (χ2v) is 6.26. The molecule has 1 heterocycles. The molecule has 0 saturated heterocycles. The molecule has 114 valence electrons. The molecule has 0 spiro atoms. The largest absolute Gasteiger partial charge is 0.391 e. The van der Waals surface area contributed by atoms with Crippen molar-refractivity contribution in [3.05, 3.63) is 5.56 Å². The summed E-state index contributed by atoms with van der Waals surface area (Å²) in [6.07, 6.45) is 6.92. The molecule has 2 aliphatic carbocycles. The zero-order valence-corrected chi connectivity index (χ0v) is 12.3. The molecular weight excluding hydrogens is 266 g/mol. The standard InChI is InChI=1S/C15H23N5O/c16-8-11-14(17)20(12-4-2-1-3-5-13(12)21)19-15(11)18-9-10-6-7-10/h10,12-13,21H,1-7,9,17H2,(H,18,19). The molecule has 0 amide bonds. The van der Waals surface area contributed by atoms with Gasteiger partial charge >= 0.3 is 0 Å². The van der Waals surface area contributed by atoms with Crippen LogP contribution in [0.2, 0.25) is 0 Å². The van der Waals surface area contributed by atoms with Crippen molar-refractivity contribution in [3.8, 4) is 6.07 Å². The Morgan fingerprint density at radius 2 is 2.05 bits per heavy atom. The Morgan fingerprint density at radius 3 is 2.76 bits per heavy atom. The highest BCUT2D eigenvalue weighted by atomic mass is 16.3. The zero-order chi connectivity index (χ0) is 14.8. The maximum atomic E-state index is 10.3. The number of nitrogen functional groups attached to an aromatic ring is 1. The Morgan fingerprint density at radius 1 is 1.29 bits per heavy atom. The fraction of sp³-hybridized carbons (Fsp3) is 0.733. The lowest BCUT2D eigenvalue weighted by Crippen LogP contribution is -2.25. The molecular formula is C15H23N5O. The van der Waals surface area contributed by atoms with E-state index in [9.17, 15) is 10.4 Å². The van der Waals surface area contributed by atoms with Crippen LogP contribution in [0, 0.1) is 17.2 Å². The average molecular weight is 289 g/mol. The van der Waals surface area contributed by atoms with E-state index in [2.05, 4.69) is 16.5 Å². The first-order valence-electron chi connectivity index (χ1n) is 7.90. The predicted molar refractivity (Wildman–Crippen MR) is 80.7 cm³/mol. The lowest BCUT2D eigenvalue weighted by Gasteiger charge is -2.21. The van der Waals surface area contributed by atoms with Crippen LogP contribution in [0.4, 0.5) is 11.6 Å². The smallest absolute Gasteiger partial charge is 0.168 e. The summed E-state index contributed by atoms with van der Waals surface area (Å²) in [6.45, 7) is 0.846. The molecule has 3 rings (SSSR count). The molecule has 6 nitrogen and oxygen atoms in total. The number of nitrogens with zero attached hydrogens (tertiary/aromatic N) is 3. The van der Waals surface area contributed by atoms with E-state index in [0.29, 0.717) is 23.1 Å². The Labute approximate surface area is 124 Å². The highest BCUT2D eigenvalue weighted by Gasteiger charge is 2.29. The molecule has 2 aliphatic rings. The van der Waals surface area contributed by atoms with E-state index < -0.39 is 6.10 Å². The summed E-state index contributed by atoms with van der Waals surface area (Å²) in [6, 6.07) is 2.03. The number of nitrogens with one attached hydrogen (secondary N) is 1. The molecule has 0 aromatic carbocycles. The first-order valence-corrected chi connectivity index (χ1v) is 7.90. The topological polar surface area (TPSA) is 99.9 Å². The van der Waals surface area contributed by atoms with Crippen LogP contribution in [0.15, 0.2) is 0 Å². The molecule has 2 unspecified atom stereocenters. The molecule has 1 aromatic heterocycles. The predicted octanol–water partition coefficient (Wildman–Crippen LogP) is 2.02. The number of aromatic nitrogens is 2. The molecule has 4 N–H and O–H groups in total. The number of rotatable bonds is 4. The van der Waals surface area contributed by atoms with Gasteiger partial charge in [0.05, 0.1) is 12.1 Å². The van der Waals surface area contributed by atoms with Crippen LogP contribution in [0.3, 0.4) is 0 Å². The maximum Gasteiger partial charge on any atom is 0.168 e. The van der Waals surface area contributed by atoms with Crippen molar-refractivity contribution in [1.82, 2.24) is 9.78 Å². The third kappa shape index (κ3) is 2.98. The van der Waals surface area contributed by atoms with Gasteiger partial charge in [-0.15, -0.1) is 0 Å². The molecule has 2 saturated carbocycles. The van der Waals surface area contributed by atoms with Gasteiger partial charge in [0.2, 0.25) is 0 Å². The molecule has 0 bridgehead atoms. The fourth-order valence-electron chi connectivity index (χ4n) is 3.05. The van der Waals surface area contributed by atoms with Crippen LogP contribution in [-0.2, 0) is 0 Å². The second kappa shape index (κ2) is 5.94. The molecule has 21 heavy (non-hydrogen) atoms. The Kier molecular flexibility index (Phi) is 4.02. The van der Waals surface area contributed by atoms with Crippen molar-refractivity contribution in [2.24, 2.45) is 5.92 Å². The third-order valence-electron chi connectivity index (χ3n) is 4.57. The zero-order valence-electron chi connectivity index (χ0n) is 12.3. The first kappa shape index (κ1) is 14.2. The highest BCUT2D eigenvalue weighted by molar-refractivity contribution is 5.64. The molecule has 6 heteroatoms. The van der Waals surface area contributed by atoms with Gasteiger partial charge in [-0.3, -0.25) is 0 Å². The SMILES string of the molecule is N#Cc1c(NCC2CC2)nn(C2CCCCCC2O)c1N. The minimum Gasteiger partial charge on any atom is -0.391 e. The van der Waals surface area contributed by atoms with Gasteiger partial charge in [0.1, 0.15) is 17.5 Å². The van der Waals surface area contributed by atoms with Crippen LogP contribution in [-0.4, -0.2) is 27.5 Å². The maximum absolute atomic E-state index is 10.3. The van der Waals surface area contributed by atoms with Crippen LogP contribution in [0.5, 0.6) is 0 Å². The quantitative estimate of drug-likeness (QED) is 0.736. The molecule has 1 aromatic rings. The Hall–Kier alpha value is -1.74. The van der Waals surface area contributed by atoms with E-state index in [1.165, 1.54) is 12.8 Å². The molecule has 0 aliphatic heterocycles. The van der Waals surface area contributed by atoms with Gasteiger partial charge in [-0.2, -0.15) is 10.4 Å². The normalized spacial score (nSPS) is 26.1. The number of nitriles is 1. The van der Waals surface area contributed by atoms with Crippen LogP contribution >= 0.6 is 0 Å². The summed E-state index contributed by atoms with van der Waals surface area (Å²) >= 11 is 0. The van der Waals surface area contributed by atoms with Crippen LogP contribution < -0.4 is 11.1 Å². The lowest BCUT2D eigenvalue weighted by molar-refractivity contribution is 0.100. The second-order valence-electron chi connectivity index (χ2n) is 6.26. The van der Waals surface area contributed by atoms with Gasteiger partial charge in [-0.1, -0.05) is 19.3 Å². The van der Waals surface area contributed by atoms with Gasteiger partial charge in [-0.25, -0.2) is 4.68 Å². The summed E-state index contributed by atoms with van der Waals surface area (Å²) in [7, 11) is 0. The minimum absolute atomic E-state index is 0.115. The Balaban J connectivity index is 1.84. The first-order chi connectivity index (χ1) is 10.2. The molecule has 0 radical (unpaired) electrons. The third-order valence-corrected chi connectivity index (χ3v) is 4.57. The monoisotopic (exact) mass is 289 g/mol. The lowest BCUT2D eigenvalue weighted by atomic mass is 10.1. The average Bonchev–Trinajstić information content (AvgIpc) is 3.27. The van der Waals surface area contributed by atoms with Crippen molar-refractivity contribution in [2.75, 3.05) is 17.6 Å². The van der Waals surface area contributed by atoms with Gasteiger partial charge < -0.3 is 16.2 Å². The van der Waals surface area contributed by atoms with Gasteiger partial charge in [-0.05, 0) is 31.6 Å². The summed E-state index contributed by atoms with van der Waals surface area (Å²) in [5, 5.41) is 27.4. The highest BCUT2D eigenvalue weighted by Crippen LogP contribution is 2.33. The summed E-state index contributed by atoms with van der Waals surface area (Å²) in [5.74, 6) is 1.64. The van der Waals surface area contributed by atoms with E-state index in [-0.39, 0.29) is 6.04 Å². The van der Waals surface area contributed by atoms with Crippen molar-refractivity contribution in [3.63, 3.8) is 0 Å². The summed E-state index contributed by atoms with van der Waals surface area (Å²) < 4.78 is 1.67. The van der Waals surface area contributed by atoms with E-state index in [1.807, 2.05) is 0 Å². The van der Waals surface area contributed by atoms with E-state index in [1.54, 1.807) is 4.68 Å². The number of aliphatic hydroxyl groups is 1. The van der Waals surface area contributed by atoms with E-state index in [4.69, 9.17) is 5.73 Å². The summed E-state index contributed by atoms with van der Waals surface area (Å²) in [4.78, 5) is 0. The number of aliphatic hydroxyl groups excluding tert-OH is 1.